The van der Waals surface area contributed by atoms with Crippen LogP contribution in [0.5, 0.6) is 11.5 Å². The highest BCUT2D eigenvalue weighted by Crippen LogP contribution is 2.45. The van der Waals surface area contributed by atoms with Crippen LogP contribution in [-0.2, 0) is 22.5 Å². The van der Waals surface area contributed by atoms with Crippen LogP contribution in [0.2, 0.25) is 0 Å². The van der Waals surface area contributed by atoms with Crippen LogP contribution in [0, 0.1) is 6.92 Å². The molecule has 8 nitrogen and oxygen atoms in total. The summed E-state index contributed by atoms with van der Waals surface area (Å²) >= 11 is 0. The van der Waals surface area contributed by atoms with Crippen LogP contribution in [0.1, 0.15) is 49.1 Å². The number of carboxylic acids is 1. The zero-order valence-electron chi connectivity index (χ0n) is 25.6. The molecule has 3 aromatic carbocycles. The number of hydrogen-bond acceptors (Lipinski definition) is 6. The van der Waals surface area contributed by atoms with Crippen molar-refractivity contribution >= 4 is 27.8 Å². The maximum Gasteiger partial charge on any atom is 0.573 e. The standard InChI is InChI=1S/C35H31F3N2O6/c1-19-17-24-22(10-12-27(41)40(24)18-21-7-5-6-8-25(21)45-35(36,37)38)30(28(19)32(33(42)43)46-34(2,3)4)23-9-11-26-29-20(14-16-44-26)13-15-39-31(23)29/h5-13,15,17,32H,14,16,18H2,1-4H3,(H,42,43)/t32-/m0/s1. The number of fused-ring (bicyclic) bond motifs is 1. The summed E-state index contributed by atoms with van der Waals surface area (Å²) in [5.74, 6) is -0.973. The molecule has 0 saturated carbocycles. The number of carbonyl (C=O) groups is 1. The third-order valence-corrected chi connectivity index (χ3v) is 7.87. The van der Waals surface area contributed by atoms with E-state index in [1.54, 1.807) is 52.1 Å². The minimum atomic E-state index is -4.93. The number of alkyl halides is 3. The minimum Gasteiger partial charge on any atom is -0.493 e. The second-order valence-electron chi connectivity index (χ2n) is 12.2. The Bertz CT molecular complexity index is 2050. The van der Waals surface area contributed by atoms with Crippen molar-refractivity contribution in [3.05, 3.63) is 99.5 Å². The normalized spacial score (nSPS) is 13.9. The number of para-hydroxylation sites is 1. The van der Waals surface area contributed by atoms with Crippen molar-refractivity contribution in [1.29, 1.82) is 0 Å². The monoisotopic (exact) mass is 632 g/mol. The molecule has 1 aliphatic heterocycles. The van der Waals surface area contributed by atoms with E-state index < -0.39 is 35.3 Å². The fraction of sp³-hybridized carbons (Fsp3) is 0.286. The van der Waals surface area contributed by atoms with Gasteiger partial charge < -0.3 is 23.9 Å². The molecule has 3 heterocycles. The fourth-order valence-corrected chi connectivity index (χ4v) is 6.10. The van der Waals surface area contributed by atoms with Crippen LogP contribution in [-0.4, -0.2) is 39.2 Å². The number of aromatic nitrogens is 2. The van der Waals surface area contributed by atoms with Gasteiger partial charge in [-0.3, -0.25) is 9.78 Å². The van der Waals surface area contributed by atoms with Crippen LogP contribution in [0.3, 0.4) is 0 Å². The van der Waals surface area contributed by atoms with Gasteiger partial charge in [-0.15, -0.1) is 13.2 Å². The molecular formula is C35H31F3N2O6. The summed E-state index contributed by atoms with van der Waals surface area (Å²) in [6, 6.07) is 15.8. The van der Waals surface area contributed by atoms with E-state index in [4.69, 9.17) is 14.5 Å². The molecule has 0 amide bonds. The van der Waals surface area contributed by atoms with Gasteiger partial charge in [0, 0.05) is 46.1 Å². The van der Waals surface area contributed by atoms with Gasteiger partial charge in [0.05, 0.1) is 29.8 Å². The van der Waals surface area contributed by atoms with Gasteiger partial charge in [0.1, 0.15) is 11.5 Å². The van der Waals surface area contributed by atoms with Gasteiger partial charge in [-0.25, -0.2) is 4.79 Å². The van der Waals surface area contributed by atoms with Crippen LogP contribution < -0.4 is 15.0 Å². The summed E-state index contributed by atoms with van der Waals surface area (Å²) in [7, 11) is 0. The fourth-order valence-electron chi connectivity index (χ4n) is 6.10. The molecular weight excluding hydrogens is 601 g/mol. The maximum absolute atomic E-state index is 13.4. The molecule has 0 spiro atoms. The summed E-state index contributed by atoms with van der Waals surface area (Å²) in [5.41, 5.74) is 2.82. The Morgan fingerprint density at radius 2 is 1.85 bits per heavy atom. The highest BCUT2D eigenvalue weighted by molar-refractivity contribution is 6.08. The van der Waals surface area contributed by atoms with Gasteiger partial charge >= 0.3 is 12.3 Å². The van der Waals surface area contributed by atoms with Crippen molar-refractivity contribution in [3.8, 4) is 22.6 Å². The second kappa shape index (κ2) is 11.5. The van der Waals surface area contributed by atoms with Crippen LogP contribution >= 0.6 is 0 Å². The molecule has 1 atom stereocenters. The molecule has 11 heteroatoms. The van der Waals surface area contributed by atoms with Crippen molar-refractivity contribution in [3.63, 3.8) is 0 Å². The van der Waals surface area contributed by atoms with Crippen molar-refractivity contribution in [1.82, 2.24) is 9.55 Å². The van der Waals surface area contributed by atoms with Crippen LogP contribution in [0.25, 0.3) is 32.9 Å². The highest BCUT2D eigenvalue weighted by atomic mass is 19.4. The number of nitrogens with zero attached hydrogens (tertiary/aromatic N) is 2. The molecule has 5 aromatic rings. The van der Waals surface area contributed by atoms with E-state index >= 15 is 0 Å². The number of carboxylic acid groups (broad SMARTS) is 1. The number of aryl methyl sites for hydroxylation is 1. The Balaban J connectivity index is 1.68. The number of halogens is 3. The molecule has 0 bridgehead atoms. The van der Waals surface area contributed by atoms with Gasteiger partial charge in [-0.05, 0) is 80.8 Å². The molecule has 46 heavy (non-hydrogen) atoms. The van der Waals surface area contributed by atoms with Gasteiger partial charge in [-0.2, -0.15) is 0 Å². The Kier molecular flexibility index (Phi) is 7.76. The third-order valence-electron chi connectivity index (χ3n) is 7.87. The van der Waals surface area contributed by atoms with E-state index in [1.165, 1.54) is 28.8 Å². The highest BCUT2D eigenvalue weighted by Gasteiger charge is 2.34. The number of pyridine rings is 2. The lowest BCUT2D eigenvalue weighted by atomic mass is 9.86. The first-order valence-electron chi connectivity index (χ1n) is 14.7. The van der Waals surface area contributed by atoms with Gasteiger partial charge in [0.25, 0.3) is 5.56 Å². The number of ether oxygens (including phenoxy) is 3. The third kappa shape index (κ3) is 5.90. The number of hydrogen-bond donors (Lipinski definition) is 1. The predicted octanol–water partition coefficient (Wildman–Crippen LogP) is 7.35. The summed E-state index contributed by atoms with van der Waals surface area (Å²) in [6.45, 7) is 7.29. The van der Waals surface area contributed by atoms with Crippen molar-refractivity contribution in [2.75, 3.05) is 6.61 Å². The summed E-state index contributed by atoms with van der Waals surface area (Å²) in [6.07, 6.45) is -3.96. The van der Waals surface area contributed by atoms with E-state index in [-0.39, 0.29) is 12.1 Å². The first-order chi connectivity index (χ1) is 21.7. The predicted molar refractivity (Wildman–Crippen MR) is 166 cm³/mol. The van der Waals surface area contributed by atoms with Crippen molar-refractivity contribution < 1.29 is 37.3 Å². The molecule has 238 valence electrons. The van der Waals surface area contributed by atoms with Crippen molar-refractivity contribution in [2.24, 2.45) is 0 Å². The average Bonchev–Trinajstić information content (AvgIpc) is 2.97. The van der Waals surface area contributed by atoms with E-state index in [0.717, 1.165) is 10.9 Å². The maximum atomic E-state index is 13.4. The van der Waals surface area contributed by atoms with E-state index in [0.29, 0.717) is 57.5 Å². The molecule has 0 aliphatic carbocycles. The molecule has 6 rings (SSSR count). The zero-order chi connectivity index (χ0) is 33.0. The lowest BCUT2D eigenvalue weighted by molar-refractivity contribution is -0.274. The van der Waals surface area contributed by atoms with E-state index in [1.807, 2.05) is 18.2 Å². The lowest BCUT2D eigenvalue weighted by Gasteiger charge is -2.29. The average molecular weight is 633 g/mol. The molecule has 2 aromatic heterocycles. The van der Waals surface area contributed by atoms with E-state index in [9.17, 15) is 27.9 Å². The Morgan fingerprint density at radius 3 is 2.57 bits per heavy atom. The topological polar surface area (TPSA) is 99.9 Å². The largest absolute Gasteiger partial charge is 0.573 e. The van der Waals surface area contributed by atoms with Gasteiger partial charge in [-0.1, -0.05) is 18.2 Å². The number of aliphatic carboxylic acids is 1. The Labute approximate surface area is 262 Å². The van der Waals surface area contributed by atoms with Gasteiger partial charge in [0.2, 0.25) is 0 Å². The quantitative estimate of drug-likeness (QED) is 0.200. The molecule has 0 saturated heterocycles. The van der Waals surface area contributed by atoms with Crippen molar-refractivity contribution in [2.45, 2.75) is 58.7 Å². The molecule has 0 radical (unpaired) electrons. The second-order valence-corrected chi connectivity index (χ2v) is 12.2. The summed E-state index contributed by atoms with van der Waals surface area (Å²) < 4.78 is 57.4. The smallest absolute Gasteiger partial charge is 0.493 e. The molecule has 1 N–H and O–H groups in total. The number of benzene rings is 3. The molecule has 0 fully saturated rings. The number of rotatable bonds is 7. The Morgan fingerprint density at radius 1 is 1.09 bits per heavy atom. The van der Waals surface area contributed by atoms with Crippen LogP contribution in [0.4, 0.5) is 13.2 Å². The first-order valence-corrected chi connectivity index (χ1v) is 14.7. The minimum absolute atomic E-state index is 0.137. The Hall–Kier alpha value is -4.90. The molecule has 1 aliphatic rings. The molecule has 0 unspecified atom stereocenters. The van der Waals surface area contributed by atoms with Gasteiger partial charge in [0.15, 0.2) is 6.10 Å². The SMILES string of the molecule is Cc1cc2c(ccc(=O)n2Cc2ccccc2OC(F)(F)F)c(-c2ccc3c4c(ccnc24)CCO3)c1[C@H](OC(C)(C)C)C(=O)O. The zero-order valence-corrected chi connectivity index (χ0v) is 25.6. The first kappa shape index (κ1) is 31.1. The van der Waals surface area contributed by atoms with E-state index in [2.05, 4.69) is 4.74 Å². The lowest BCUT2D eigenvalue weighted by Crippen LogP contribution is -2.28. The van der Waals surface area contributed by atoms with Crippen LogP contribution in [0.15, 0.2) is 71.7 Å². The summed E-state index contributed by atoms with van der Waals surface area (Å²) in [4.78, 5) is 31.0. The summed E-state index contributed by atoms with van der Waals surface area (Å²) in [5, 5.41) is 11.8.